The summed E-state index contributed by atoms with van der Waals surface area (Å²) in [6.45, 7) is 6.43. The normalized spacial score (nSPS) is 15.0. The maximum absolute atomic E-state index is 13.4. The second-order valence-electron chi connectivity index (χ2n) is 12.7. The first-order chi connectivity index (χ1) is 24.4. The topological polar surface area (TPSA) is 278 Å². The van der Waals surface area contributed by atoms with Gasteiger partial charge in [-0.15, -0.1) is 0 Å². The number of aliphatic carboxylic acids is 1. The average molecular weight is 728 g/mol. The van der Waals surface area contributed by atoms with Gasteiger partial charge in [0.2, 0.25) is 35.4 Å². The first-order valence-corrected chi connectivity index (χ1v) is 16.7. The largest absolute Gasteiger partial charge is 0.508 e. The van der Waals surface area contributed by atoms with Gasteiger partial charge in [0.25, 0.3) is 0 Å². The number of phenolic OH excluding ortho intramolecular Hbond substituents is 1. The van der Waals surface area contributed by atoms with Gasteiger partial charge in [0.05, 0.1) is 12.6 Å². The fourth-order valence-corrected chi connectivity index (χ4v) is 4.75. The summed E-state index contributed by atoms with van der Waals surface area (Å²) in [6.07, 6.45) is -0.0378. The molecule has 11 N–H and O–H groups in total. The quantitative estimate of drug-likeness (QED) is 0.0771. The van der Waals surface area contributed by atoms with E-state index < -0.39 is 96.2 Å². The molecular formula is C35H49N7O10. The van der Waals surface area contributed by atoms with Crippen molar-refractivity contribution < 1.29 is 48.9 Å². The molecule has 0 bridgehead atoms. The number of carboxylic acids is 1. The number of amides is 6. The van der Waals surface area contributed by atoms with Crippen LogP contribution in [0.5, 0.6) is 5.75 Å². The highest BCUT2D eigenvalue weighted by Crippen LogP contribution is 2.12. The van der Waals surface area contributed by atoms with Gasteiger partial charge in [-0.05, 0) is 49.9 Å². The van der Waals surface area contributed by atoms with Crippen molar-refractivity contribution in [2.45, 2.75) is 89.8 Å². The molecule has 2 rings (SSSR count). The number of phenols is 1. The summed E-state index contributed by atoms with van der Waals surface area (Å²) in [6, 6.07) is 5.92. The summed E-state index contributed by atoms with van der Waals surface area (Å²) < 4.78 is 0. The van der Waals surface area contributed by atoms with Crippen molar-refractivity contribution in [3.8, 4) is 5.75 Å². The molecule has 6 amide bonds. The highest BCUT2D eigenvalue weighted by atomic mass is 16.4. The minimum atomic E-state index is -1.54. The number of hydrogen-bond donors (Lipinski definition) is 10. The fraction of sp³-hybridized carbons (Fsp3) is 0.457. The predicted molar refractivity (Wildman–Crippen MR) is 188 cm³/mol. The van der Waals surface area contributed by atoms with Crippen molar-refractivity contribution in [3.63, 3.8) is 0 Å². The van der Waals surface area contributed by atoms with Crippen LogP contribution in [-0.2, 0) is 46.4 Å². The van der Waals surface area contributed by atoms with Gasteiger partial charge in [0.1, 0.15) is 42.0 Å². The van der Waals surface area contributed by atoms with Crippen LogP contribution in [0.3, 0.4) is 0 Å². The third-order valence-electron chi connectivity index (χ3n) is 7.89. The number of hydrogen-bond acceptors (Lipinski definition) is 10. The molecule has 0 aliphatic rings. The molecule has 0 saturated carbocycles. The van der Waals surface area contributed by atoms with E-state index in [1.165, 1.54) is 32.9 Å². The van der Waals surface area contributed by atoms with Gasteiger partial charge >= 0.3 is 5.97 Å². The van der Waals surface area contributed by atoms with Crippen LogP contribution in [0.1, 0.15) is 45.7 Å². The molecule has 0 aromatic heterocycles. The summed E-state index contributed by atoms with van der Waals surface area (Å²) in [5, 5.41) is 43.5. The van der Waals surface area contributed by atoms with Crippen LogP contribution in [0.15, 0.2) is 54.6 Å². The van der Waals surface area contributed by atoms with E-state index in [1.807, 2.05) is 0 Å². The molecule has 0 unspecified atom stereocenters. The molecule has 0 aliphatic heterocycles. The molecule has 0 heterocycles. The molecule has 0 aliphatic carbocycles. The Morgan fingerprint density at radius 1 is 0.577 bits per heavy atom. The number of carboxylic acid groups (broad SMARTS) is 1. The van der Waals surface area contributed by atoms with E-state index >= 15 is 0 Å². The Hall–Kier alpha value is -5.55. The first kappa shape index (κ1) is 42.6. The third kappa shape index (κ3) is 13.6. The predicted octanol–water partition coefficient (Wildman–Crippen LogP) is -1.79. The molecule has 284 valence electrons. The minimum absolute atomic E-state index is 0.00867. The van der Waals surface area contributed by atoms with Gasteiger partial charge in [-0.25, -0.2) is 4.79 Å². The van der Waals surface area contributed by atoms with E-state index in [0.29, 0.717) is 11.1 Å². The summed E-state index contributed by atoms with van der Waals surface area (Å²) >= 11 is 0. The zero-order valence-electron chi connectivity index (χ0n) is 29.7. The lowest BCUT2D eigenvalue weighted by Gasteiger charge is -2.26. The number of aliphatic hydroxyl groups is 1. The van der Waals surface area contributed by atoms with E-state index in [2.05, 4.69) is 31.9 Å². The summed E-state index contributed by atoms with van der Waals surface area (Å²) in [5.41, 5.74) is 6.89. The van der Waals surface area contributed by atoms with Crippen LogP contribution in [-0.4, -0.2) is 106 Å². The standard InChI is InChI=1S/C35H49N7O10/c1-18(2)28(35(51)52)42-34(50)27(17-43)41-33(49)26(15-22-9-7-6-8-10-22)40-31(47)21(5)37-30(46)20(4)38-32(48)25(39-29(45)19(3)36)16-23-11-13-24(44)14-12-23/h6-14,18-21,25-28,43-44H,15-17,36H2,1-5H3,(H,37,46)(H,38,48)(H,39,45)(H,40,47)(H,41,49)(H,42,50)(H,51,52)/t19-,20-,21-,25-,26-,27-,28-/m0/s1. The molecule has 2 aromatic carbocycles. The molecule has 2 aromatic rings. The van der Waals surface area contributed by atoms with Gasteiger partial charge in [-0.2, -0.15) is 0 Å². The zero-order valence-corrected chi connectivity index (χ0v) is 29.7. The van der Waals surface area contributed by atoms with E-state index in [0.717, 1.165) is 0 Å². The molecule has 7 atom stereocenters. The Labute approximate surface area is 301 Å². The van der Waals surface area contributed by atoms with Crippen molar-refractivity contribution in [2.24, 2.45) is 11.7 Å². The maximum atomic E-state index is 13.4. The highest BCUT2D eigenvalue weighted by molar-refractivity contribution is 5.97. The van der Waals surface area contributed by atoms with Gasteiger partial charge in [-0.1, -0.05) is 56.3 Å². The van der Waals surface area contributed by atoms with E-state index in [4.69, 9.17) is 5.73 Å². The van der Waals surface area contributed by atoms with Crippen molar-refractivity contribution in [3.05, 3.63) is 65.7 Å². The van der Waals surface area contributed by atoms with Gasteiger partial charge < -0.3 is 53.0 Å². The van der Waals surface area contributed by atoms with Crippen LogP contribution >= 0.6 is 0 Å². The number of carbonyl (C=O) groups is 7. The lowest BCUT2D eigenvalue weighted by Crippen LogP contribution is -2.60. The lowest BCUT2D eigenvalue weighted by atomic mass is 10.0. The fourth-order valence-electron chi connectivity index (χ4n) is 4.75. The number of carbonyl (C=O) groups excluding carboxylic acids is 6. The molecule has 0 saturated heterocycles. The smallest absolute Gasteiger partial charge is 0.326 e. The maximum Gasteiger partial charge on any atom is 0.326 e. The molecule has 17 heteroatoms. The van der Waals surface area contributed by atoms with Crippen LogP contribution in [0.25, 0.3) is 0 Å². The van der Waals surface area contributed by atoms with Gasteiger partial charge in [0.15, 0.2) is 0 Å². The summed E-state index contributed by atoms with van der Waals surface area (Å²) in [4.78, 5) is 89.6. The number of nitrogens with one attached hydrogen (secondary N) is 6. The molecule has 17 nitrogen and oxygen atoms in total. The van der Waals surface area contributed by atoms with E-state index in [9.17, 15) is 48.9 Å². The molecular weight excluding hydrogens is 678 g/mol. The monoisotopic (exact) mass is 727 g/mol. The number of rotatable bonds is 19. The number of nitrogens with two attached hydrogens (primary N) is 1. The average Bonchev–Trinajstić information content (AvgIpc) is 3.09. The van der Waals surface area contributed by atoms with Gasteiger partial charge in [0, 0.05) is 12.8 Å². The Balaban J connectivity index is 2.13. The Morgan fingerprint density at radius 3 is 1.48 bits per heavy atom. The number of aromatic hydroxyl groups is 1. The highest BCUT2D eigenvalue weighted by Gasteiger charge is 2.32. The minimum Gasteiger partial charge on any atom is -0.508 e. The Kier molecular flexibility index (Phi) is 16.7. The number of benzene rings is 2. The van der Waals surface area contributed by atoms with Crippen molar-refractivity contribution >= 4 is 41.4 Å². The van der Waals surface area contributed by atoms with Crippen molar-refractivity contribution in [1.29, 1.82) is 0 Å². The Bertz CT molecular complexity index is 1550. The van der Waals surface area contributed by atoms with Crippen molar-refractivity contribution in [2.75, 3.05) is 6.61 Å². The lowest BCUT2D eigenvalue weighted by molar-refractivity contribution is -0.143. The van der Waals surface area contributed by atoms with Gasteiger partial charge in [-0.3, -0.25) is 28.8 Å². The second kappa shape index (κ2) is 20.3. The third-order valence-corrected chi connectivity index (χ3v) is 7.89. The summed E-state index contributed by atoms with van der Waals surface area (Å²) in [5.74, 6) is -6.49. The second-order valence-corrected chi connectivity index (χ2v) is 12.7. The summed E-state index contributed by atoms with van der Waals surface area (Å²) in [7, 11) is 0. The molecule has 0 radical (unpaired) electrons. The molecule has 0 fully saturated rings. The van der Waals surface area contributed by atoms with E-state index in [1.54, 1.807) is 56.3 Å². The van der Waals surface area contributed by atoms with Crippen LogP contribution in [0.4, 0.5) is 0 Å². The van der Waals surface area contributed by atoms with Crippen LogP contribution < -0.4 is 37.6 Å². The van der Waals surface area contributed by atoms with Crippen LogP contribution in [0.2, 0.25) is 0 Å². The van der Waals surface area contributed by atoms with Crippen molar-refractivity contribution in [1.82, 2.24) is 31.9 Å². The van der Waals surface area contributed by atoms with E-state index in [-0.39, 0.29) is 18.6 Å². The molecule has 52 heavy (non-hydrogen) atoms. The first-order valence-electron chi connectivity index (χ1n) is 16.7. The SMILES string of the molecule is CC(C)[C@H](NC(=O)[C@H](CO)NC(=O)[C@H](Cc1ccccc1)NC(=O)[C@H](C)NC(=O)[C@H](C)NC(=O)[C@H](Cc1ccc(O)cc1)NC(=O)[C@H](C)N)C(=O)O. The van der Waals surface area contributed by atoms with Crippen LogP contribution in [0, 0.1) is 5.92 Å². The Morgan fingerprint density at radius 2 is 1.00 bits per heavy atom. The zero-order chi connectivity index (χ0) is 39.1. The number of aliphatic hydroxyl groups excluding tert-OH is 1. The molecule has 0 spiro atoms.